The molecule has 0 bridgehead atoms. The zero-order chi connectivity index (χ0) is 18.4. The molecule has 1 aliphatic heterocycles. The van der Waals surface area contributed by atoms with Crippen LogP contribution in [0.2, 0.25) is 0 Å². The third-order valence-electron chi connectivity index (χ3n) is 5.12. The van der Waals surface area contributed by atoms with E-state index in [0.29, 0.717) is 29.8 Å². The van der Waals surface area contributed by atoms with Gasteiger partial charge in [0.15, 0.2) is 5.69 Å². The van der Waals surface area contributed by atoms with Crippen molar-refractivity contribution in [2.24, 2.45) is 11.7 Å². The average molecular weight is 356 g/mol. The Kier molecular flexibility index (Phi) is 3.86. The van der Waals surface area contributed by atoms with E-state index in [2.05, 4.69) is 15.4 Å². The molecular weight excluding hydrogens is 336 g/mol. The first-order chi connectivity index (χ1) is 12.5. The van der Waals surface area contributed by atoms with Gasteiger partial charge in [0.25, 0.3) is 5.91 Å². The normalized spacial score (nSPS) is 23.7. The average Bonchev–Trinajstić information content (AvgIpc) is 3.12. The Labute approximate surface area is 149 Å². The van der Waals surface area contributed by atoms with Crippen LogP contribution in [0.25, 0.3) is 10.9 Å². The number of carbonyl (C=O) groups excluding carboxylic acids is 3. The number of pyridine rings is 1. The lowest BCUT2D eigenvalue weighted by Gasteiger charge is -2.26. The molecule has 3 amide bonds. The highest BCUT2D eigenvalue weighted by Gasteiger charge is 2.55. The molecule has 0 aromatic carbocycles. The van der Waals surface area contributed by atoms with Gasteiger partial charge in [0.2, 0.25) is 11.8 Å². The second-order valence-electron chi connectivity index (χ2n) is 6.77. The van der Waals surface area contributed by atoms with Crippen molar-refractivity contribution in [3.63, 3.8) is 0 Å². The van der Waals surface area contributed by atoms with E-state index in [1.54, 1.807) is 23.4 Å². The van der Waals surface area contributed by atoms with Gasteiger partial charge in [0.1, 0.15) is 12.6 Å². The molecular formula is C17H20N6O3. The van der Waals surface area contributed by atoms with Crippen LogP contribution in [0.1, 0.15) is 30.3 Å². The third kappa shape index (κ3) is 2.59. The number of nitrogens with zero attached hydrogens (tertiary/aromatic N) is 4. The molecule has 3 heterocycles. The number of primary amides is 1. The summed E-state index contributed by atoms with van der Waals surface area (Å²) in [6.45, 7) is 2.33. The maximum Gasteiger partial charge on any atom is 0.269 e. The van der Waals surface area contributed by atoms with Crippen molar-refractivity contribution in [3.8, 4) is 0 Å². The van der Waals surface area contributed by atoms with Crippen LogP contribution in [0.5, 0.6) is 0 Å². The number of aromatic nitrogens is 3. The van der Waals surface area contributed by atoms with Crippen LogP contribution in [0.3, 0.4) is 0 Å². The molecule has 4 rings (SSSR count). The van der Waals surface area contributed by atoms with Gasteiger partial charge in [-0.2, -0.15) is 5.10 Å². The lowest BCUT2D eigenvalue weighted by atomic mass is 10.1. The number of hydrogen-bond donors (Lipinski definition) is 2. The Balaban J connectivity index is 1.61. The fourth-order valence-corrected chi connectivity index (χ4v) is 3.87. The van der Waals surface area contributed by atoms with Gasteiger partial charge in [0.05, 0.1) is 11.7 Å². The van der Waals surface area contributed by atoms with Gasteiger partial charge in [-0.25, -0.2) is 0 Å². The van der Waals surface area contributed by atoms with Crippen molar-refractivity contribution in [2.75, 3.05) is 6.54 Å². The number of rotatable bonds is 5. The second-order valence-corrected chi connectivity index (χ2v) is 6.77. The number of piperidine rings is 1. The van der Waals surface area contributed by atoms with Gasteiger partial charge in [-0.15, -0.1) is 0 Å². The van der Waals surface area contributed by atoms with Gasteiger partial charge in [0, 0.05) is 24.2 Å². The molecule has 1 saturated carbocycles. The summed E-state index contributed by atoms with van der Waals surface area (Å²) in [5.74, 6) is -0.548. The van der Waals surface area contributed by atoms with E-state index >= 15 is 0 Å². The largest absolute Gasteiger partial charge is 0.364 e. The van der Waals surface area contributed by atoms with E-state index < -0.39 is 11.9 Å². The van der Waals surface area contributed by atoms with Gasteiger partial charge >= 0.3 is 0 Å². The molecule has 2 aliphatic rings. The van der Waals surface area contributed by atoms with Crippen molar-refractivity contribution in [2.45, 2.75) is 38.4 Å². The zero-order valence-electron chi connectivity index (χ0n) is 14.4. The molecule has 2 aromatic rings. The molecule has 9 heteroatoms. The van der Waals surface area contributed by atoms with Crippen molar-refractivity contribution in [1.82, 2.24) is 25.0 Å². The van der Waals surface area contributed by atoms with Crippen molar-refractivity contribution in [3.05, 3.63) is 24.2 Å². The topological polar surface area (TPSA) is 123 Å². The Bertz CT molecular complexity index is 907. The summed E-state index contributed by atoms with van der Waals surface area (Å²) in [5, 5.41) is 7.56. The summed E-state index contributed by atoms with van der Waals surface area (Å²) in [4.78, 5) is 42.6. The zero-order valence-corrected chi connectivity index (χ0v) is 14.4. The summed E-state index contributed by atoms with van der Waals surface area (Å²) in [5.41, 5.74) is 6.06. The highest BCUT2D eigenvalue weighted by atomic mass is 16.2. The summed E-state index contributed by atoms with van der Waals surface area (Å²) in [6, 6.07) is 1.35. The summed E-state index contributed by atoms with van der Waals surface area (Å²) >= 11 is 0. The van der Waals surface area contributed by atoms with E-state index in [1.807, 2.05) is 6.92 Å². The molecule has 0 spiro atoms. The molecule has 0 unspecified atom stereocenters. The van der Waals surface area contributed by atoms with E-state index in [-0.39, 0.29) is 30.1 Å². The molecule has 136 valence electrons. The molecule has 1 saturated heterocycles. The number of fused-ring (bicyclic) bond motifs is 2. The molecule has 26 heavy (non-hydrogen) atoms. The maximum absolute atomic E-state index is 12.9. The number of amides is 3. The third-order valence-corrected chi connectivity index (χ3v) is 5.12. The molecule has 2 fully saturated rings. The van der Waals surface area contributed by atoms with E-state index in [0.717, 1.165) is 6.42 Å². The smallest absolute Gasteiger partial charge is 0.269 e. The number of carbonyl (C=O) groups is 3. The molecule has 1 aliphatic carbocycles. The van der Waals surface area contributed by atoms with E-state index in [1.165, 1.54) is 4.68 Å². The Morgan fingerprint density at radius 2 is 2.15 bits per heavy atom. The summed E-state index contributed by atoms with van der Waals surface area (Å²) < 4.78 is 1.44. The molecule has 3 N–H and O–H groups in total. The van der Waals surface area contributed by atoms with Crippen LogP contribution in [0.15, 0.2) is 18.5 Å². The van der Waals surface area contributed by atoms with Crippen molar-refractivity contribution < 1.29 is 14.4 Å². The van der Waals surface area contributed by atoms with Crippen molar-refractivity contribution >= 4 is 28.6 Å². The first-order valence-electron chi connectivity index (χ1n) is 8.70. The minimum atomic E-state index is -0.656. The molecule has 3 atom stereocenters. The predicted octanol–water partition coefficient (Wildman–Crippen LogP) is -0.344. The highest BCUT2D eigenvalue weighted by molar-refractivity contribution is 6.04. The lowest BCUT2D eigenvalue weighted by Crippen LogP contribution is -2.48. The summed E-state index contributed by atoms with van der Waals surface area (Å²) in [6.07, 6.45) is 4.74. The Hall–Kier alpha value is -2.97. The highest BCUT2D eigenvalue weighted by Crippen LogP contribution is 2.48. The Morgan fingerprint density at radius 1 is 1.35 bits per heavy atom. The molecule has 2 aromatic heterocycles. The Morgan fingerprint density at radius 3 is 2.88 bits per heavy atom. The molecule has 9 nitrogen and oxygen atoms in total. The number of likely N-dealkylation sites (tertiary alicyclic amines) is 1. The van der Waals surface area contributed by atoms with E-state index in [4.69, 9.17) is 5.73 Å². The second kappa shape index (κ2) is 6.08. The molecule has 0 radical (unpaired) electrons. The predicted molar refractivity (Wildman–Crippen MR) is 91.9 cm³/mol. The van der Waals surface area contributed by atoms with Gasteiger partial charge in [-0.1, -0.05) is 0 Å². The minimum absolute atomic E-state index is 0.0609. The quantitative estimate of drug-likeness (QED) is 0.758. The van der Waals surface area contributed by atoms with Crippen LogP contribution >= 0.6 is 0 Å². The van der Waals surface area contributed by atoms with Crippen LogP contribution in [-0.2, 0) is 16.1 Å². The monoisotopic (exact) mass is 356 g/mol. The van der Waals surface area contributed by atoms with Gasteiger partial charge in [-0.05, 0) is 31.7 Å². The number of nitrogens with two attached hydrogens (primary N) is 1. The van der Waals surface area contributed by atoms with Crippen LogP contribution < -0.4 is 11.1 Å². The van der Waals surface area contributed by atoms with Crippen LogP contribution in [-0.4, -0.2) is 56.0 Å². The fraction of sp³-hybridized carbons (Fsp3) is 0.471. The van der Waals surface area contributed by atoms with Crippen LogP contribution in [0.4, 0.5) is 0 Å². The number of likely N-dealkylation sites (N-methyl/N-ethyl adjacent to an activating group) is 1. The van der Waals surface area contributed by atoms with Crippen LogP contribution in [0, 0.1) is 5.92 Å². The summed E-state index contributed by atoms with van der Waals surface area (Å²) in [7, 11) is 0. The minimum Gasteiger partial charge on any atom is -0.364 e. The first kappa shape index (κ1) is 16.5. The maximum atomic E-state index is 12.9. The first-order valence-corrected chi connectivity index (χ1v) is 8.70. The SMILES string of the molecule is CCNC(=O)[C@@H]1C[C@H]2C[C@H]2N1C(=O)Cn1nc(C(N)=O)c2ccncc21. The standard InChI is InChI=1S/C17H20N6O3/c1-2-20-17(26)12-6-9-5-11(9)23(12)14(24)8-22-13-7-19-4-3-10(13)15(21-22)16(18)25/h3-4,7,9,11-12H,2,5-6,8H2,1H3,(H2,18,25)(H,20,26)/t9-,11-,12+/m1/s1. The van der Waals surface area contributed by atoms with Gasteiger partial charge in [-0.3, -0.25) is 24.0 Å². The van der Waals surface area contributed by atoms with Crippen molar-refractivity contribution in [1.29, 1.82) is 0 Å². The number of nitrogens with one attached hydrogen (secondary N) is 1. The van der Waals surface area contributed by atoms with E-state index in [9.17, 15) is 14.4 Å². The van der Waals surface area contributed by atoms with Gasteiger partial charge < -0.3 is 16.0 Å². The number of hydrogen-bond acceptors (Lipinski definition) is 5. The lowest BCUT2D eigenvalue weighted by molar-refractivity contribution is -0.140. The fourth-order valence-electron chi connectivity index (χ4n) is 3.87.